The van der Waals surface area contributed by atoms with Crippen LogP contribution in [0, 0.1) is 11.7 Å². The summed E-state index contributed by atoms with van der Waals surface area (Å²) in [6.07, 6.45) is -12.1. The van der Waals surface area contributed by atoms with Crippen LogP contribution in [0.5, 0.6) is 5.75 Å². The monoisotopic (exact) mass is 489 g/mol. The second-order valence-corrected chi connectivity index (χ2v) is 7.12. The van der Waals surface area contributed by atoms with Gasteiger partial charge in [-0.15, -0.1) is 0 Å². The zero-order chi connectivity index (χ0) is 25.4. The topological polar surface area (TPSA) is 122 Å². The molecule has 184 valence electrons. The minimum absolute atomic E-state index is 0.0797. The van der Waals surface area contributed by atoms with Gasteiger partial charge in [-0.3, -0.25) is 19.3 Å². The van der Waals surface area contributed by atoms with Crippen molar-refractivity contribution in [1.82, 2.24) is 5.32 Å². The number of benzene rings is 1. The average molecular weight is 489 g/mol. The van der Waals surface area contributed by atoms with Crippen molar-refractivity contribution in [2.75, 3.05) is 18.0 Å². The Bertz CT molecular complexity index is 937. The lowest BCUT2D eigenvalue weighted by molar-refractivity contribution is -0.171. The maximum absolute atomic E-state index is 13.8. The summed E-state index contributed by atoms with van der Waals surface area (Å²) in [5.74, 6) is -9.87. The van der Waals surface area contributed by atoms with Gasteiger partial charge in [0.25, 0.3) is 11.8 Å². The van der Waals surface area contributed by atoms with Gasteiger partial charge in [0.15, 0.2) is 0 Å². The molecule has 8 nitrogen and oxygen atoms in total. The number of nitrogens with zero attached hydrogens (tertiary/aromatic N) is 1. The fourth-order valence-electron chi connectivity index (χ4n) is 3.31. The molecule has 0 aromatic heterocycles. The lowest BCUT2D eigenvalue weighted by Gasteiger charge is -2.36. The quantitative estimate of drug-likeness (QED) is 0.412. The van der Waals surface area contributed by atoms with E-state index in [1.165, 1.54) is 12.2 Å². The Balaban J connectivity index is 2.67. The smallest absolute Gasteiger partial charge is 0.406 e. The first-order chi connectivity index (χ1) is 15.0. The molecule has 0 fully saturated rings. The first-order valence-electron chi connectivity index (χ1n) is 9.23. The molecule has 0 bridgehead atoms. The van der Waals surface area contributed by atoms with Gasteiger partial charge in [0.1, 0.15) is 36.7 Å². The zero-order valence-corrected chi connectivity index (χ0v) is 16.8. The second-order valence-electron chi connectivity index (χ2n) is 7.12. The molecule has 0 saturated heterocycles. The molecule has 15 heteroatoms. The molecule has 1 aromatic rings. The molecule has 3 atom stereocenters. The van der Waals surface area contributed by atoms with Crippen LogP contribution in [0.1, 0.15) is 13.3 Å². The third-order valence-electron chi connectivity index (χ3n) is 4.76. The van der Waals surface area contributed by atoms with Crippen LogP contribution in [0.15, 0.2) is 18.2 Å². The molecule has 0 aliphatic carbocycles. The highest BCUT2D eigenvalue weighted by Gasteiger charge is 2.59. The number of carbonyl (C=O) groups excluding carboxylic acids is 3. The molecule has 0 saturated carbocycles. The van der Waals surface area contributed by atoms with Gasteiger partial charge in [-0.1, -0.05) is 6.92 Å². The molecule has 33 heavy (non-hydrogen) atoms. The van der Waals surface area contributed by atoms with E-state index in [9.17, 15) is 50.2 Å². The molecule has 1 unspecified atom stereocenters. The van der Waals surface area contributed by atoms with Crippen molar-refractivity contribution in [1.29, 1.82) is 0 Å². The van der Waals surface area contributed by atoms with Gasteiger partial charge in [0.05, 0.1) is 5.69 Å². The normalized spacial score (nSPS) is 20.9. The molecule has 2 rings (SSSR count). The summed E-state index contributed by atoms with van der Waals surface area (Å²) in [6, 6.07) is 2.18. The minimum atomic E-state index is -5.08. The van der Waals surface area contributed by atoms with Gasteiger partial charge in [0, 0.05) is 6.07 Å². The SMILES string of the molecule is CC[C@H]1Oc2ccc(F)cc2N(CC(F)(F)F)C(=O)[C@@H]1C(O)(C(N)=O)C(=O)NCC(F)(F)F. The van der Waals surface area contributed by atoms with E-state index < -0.39 is 78.0 Å². The fourth-order valence-corrected chi connectivity index (χ4v) is 3.31. The number of aliphatic hydroxyl groups is 1. The number of halogens is 7. The van der Waals surface area contributed by atoms with E-state index in [4.69, 9.17) is 10.5 Å². The first-order valence-corrected chi connectivity index (χ1v) is 9.23. The number of alkyl halides is 6. The summed E-state index contributed by atoms with van der Waals surface area (Å²) in [4.78, 5) is 37.6. The maximum atomic E-state index is 13.8. The van der Waals surface area contributed by atoms with Crippen molar-refractivity contribution >= 4 is 23.4 Å². The standard InChI is InChI=1S/C18H18F7N3O5/c1-2-10-12(18(32,14(26)30)15(31)27-6-16(20,21)22)13(29)28(7-17(23,24)25)9-5-8(19)3-4-11(9)33-10/h3-5,10,12,32H,2,6-7H2,1H3,(H2,26,30)(H,27,31)/t10-,12-,18?/m1/s1. The van der Waals surface area contributed by atoms with E-state index in [0.717, 1.165) is 12.1 Å². The van der Waals surface area contributed by atoms with E-state index in [1.54, 1.807) is 0 Å². The lowest BCUT2D eigenvalue weighted by Crippen LogP contribution is -2.67. The predicted octanol–water partition coefficient (Wildman–Crippen LogP) is 1.40. The molecule has 4 N–H and O–H groups in total. The van der Waals surface area contributed by atoms with Crippen molar-refractivity contribution in [2.45, 2.75) is 37.4 Å². The Morgan fingerprint density at radius 1 is 1.18 bits per heavy atom. The third kappa shape index (κ3) is 5.64. The highest BCUT2D eigenvalue weighted by Crippen LogP contribution is 2.41. The number of fused-ring (bicyclic) bond motifs is 1. The van der Waals surface area contributed by atoms with Gasteiger partial charge < -0.3 is 20.9 Å². The summed E-state index contributed by atoms with van der Waals surface area (Å²) >= 11 is 0. The van der Waals surface area contributed by atoms with Crippen molar-refractivity contribution < 1.29 is 55.0 Å². The summed E-state index contributed by atoms with van der Waals surface area (Å²) in [5, 5.41) is 12.0. The maximum Gasteiger partial charge on any atom is 0.406 e. The number of nitrogens with two attached hydrogens (primary N) is 1. The molecular weight excluding hydrogens is 471 g/mol. The Morgan fingerprint density at radius 3 is 2.27 bits per heavy atom. The number of amides is 3. The Hall–Kier alpha value is -3.10. The van der Waals surface area contributed by atoms with Gasteiger partial charge >= 0.3 is 12.4 Å². The summed E-state index contributed by atoms with van der Waals surface area (Å²) in [5.41, 5.74) is 0.557. The van der Waals surface area contributed by atoms with E-state index in [0.29, 0.717) is 6.07 Å². The van der Waals surface area contributed by atoms with Crippen LogP contribution in [0.2, 0.25) is 0 Å². The number of primary amides is 1. The number of nitrogens with one attached hydrogen (secondary N) is 1. The molecule has 1 aliphatic rings. The summed E-state index contributed by atoms with van der Waals surface area (Å²) in [7, 11) is 0. The predicted molar refractivity (Wildman–Crippen MR) is 96.2 cm³/mol. The number of ether oxygens (including phenoxy) is 1. The number of hydrogen-bond acceptors (Lipinski definition) is 5. The second kappa shape index (κ2) is 9.03. The Kier molecular flexibility index (Phi) is 7.16. The van der Waals surface area contributed by atoms with Crippen LogP contribution in [-0.4, -0.2) is 60.0 Å². The van der Waals surface area contributed by atoms with E-state index in [1.807, 2.05) is 0 Å². The zero-order valence-electron chi connectivity index (χ0n) is 16.8. The lowest BCUT2D eigenvalue weighted by atomic mass is 9.79. The molecule has 0 spiro atoms. The van der Waals surface area contributed by atoms with Crippen LogP contribution >= 0.6 is 0 Å². The number of anilines is 1. The van der Waals surface area contributed by atoms with E-state index in [-0.39, 0.29) is 11.3 Å². The third-order valence-corrected chi connectivity index (χ3v) is 4.76. The highest BCUT2D eigenvalue weighted by atomic mass is 19.4. The van der Waals surface area contributed by atoms with Crippen LogP contribution in [0.25, 0.3) is 0 Å². The van der Waals surface area contributed by atoms with E-state index in [2.05, 4.69) is 0 Å². The number of carbonyl (C=O) groups is 3. The van der Waals surface area contributed by atoms with Gasteiger partial charge in [0.2, 0.25) is 11.5 Å². The minimum Gasteiger partial charge on any atom is -0.487 e. The highest BCUT2D eigenvalue weighted by molar-refractivity contribution is 6.13. The van der Waals surface area contributed by atoms with Crippen LogP contribution in [0.3, 0.4) is 0 Å². The number of rotatable bonds is 6. The molecular formula is C18H18F7N3O5. The van der Waals surface area contributed by atoms with Crippen molar-refractivity contribution in [3.8, 4) is 5.75 Å². The van der Waals surface area contributed by atoms with Crippen molar-refractivity contribution in [3.63, 3.8) is 0 Å². The largest absolute Gasteiger partial charge is 0.487 e. The van der Waals surface area contributed by atoms with Crippen LogP contribution in [0.4, 0.5) is 36.4 Å². The van der Waals surface area contributed by atoms with Crippen molar-refractivity contribution in [3.05, 3.63) is 24.0 Å². The molecule has 3 amide bonds. The van der Waals surface area contributed by atoms with Gasteiger partial charge in [-0.25, -0.2) is 4.39 Å². The Labute approximate surface area is 181 Å². The fraction of sp³-hybridized carbons (Fsp3) is 0.500. The first kappa shape index (κ1) is 26.2. The molecule has 1 aromatic carbocycles. The molecule has 0 radical (unpaired) electrons. The summed E-state index contributed by atoms with van der Waals surface area (Å²) in [6.45, 7) is -2.81. The van der Waals surface area contributed by atoms with Crippen LogP contribution < -0.4 is 20.7 Å². The molecule has 1 heterocycles. The summed E-state index contributed by atoms with van der Waals surface area (Å²) < 4.78 is 96.4. The van der Waals surface area contributed by atoms with E-state index >= 15 is 0 Å². The Morgan fingerprint density at radius 2 is 1.79 bits per heavy atom. The number of hydrogen-bond donors (Lipinski definition) is 3. The van der Waals surface area contributed by atoms with Crippen LogP contribution in [-0.2, 0) is 14.4 Å². The average Bonchev–Trinajstić information content (AvgIpc) is 2.78. The van der Waals surface area contributed by atoms with Crippen molar-refractivity contribution in [2.24, 2.45) is 11.7 Å². The molecule has 1 aliphatic heterocycles. The van der Waals surface area contributed by atoms with Gasteiger partial charge in [-0.2, -0.15) is 26.3 Å². The van der Waals surface area contributed by atoms with Gasteiger partial charge in [-0.05, 0) is 18.6 Å².